The summed E-state index contributed by atoms with van der Waals surface area (Å²) in [7, 11) is 0. The molecule has 1 rings (SSSR count). The van der Waals surface area contributed by atoms with Gasteiger partial charge in [-0.2, -0.15) is 0 Å². The van der Waals surface area contributed by atoms with Crippen molar-refractivity contribution in [2.24, 2.45) is 5.73 Å². The van der Waals surface area contributed by atoms with Crippen LogP contribution in [0.3, 0.4) is 0 Å². The van der Waals surface area contributed by atoms with E-state index in [0.717, 1.165) is 0 Å². The fourth-order valence-corrected chi connectivity index (χ4v) is 2.18. The summed E-state index contributed by atoms with van der Waals surface area (Å²) in [4.78, 5) is 10.9. The van der Waals surface area contributed by atoms with E-state index in [1.807, 2.05) is 13.8 Å². The van der Waals surface area contributed by atoms with Gasteiger partial charge < -0.3 is 16.2 Å². The molecule has 4 N–H and O–H groups in total. The standard InChI is InChI=1S/C13H18Cl2N2O2/c1-13(2,6-12(16)19)17-7-11(18)9-5-8(14)3-4-10(9)15/h3-5,11,17-18H,6-7H2,1-2H3,(H2,16,19). The van der Waals surface area contributed by atoms with Gasteiger partial charge in [-0.15, -0.1) is 0 Å². The molecular weight excluding hydrogens is 287 g/mol. The number of hydrogen-bond donors (Lipinski definition) is 3. The predicted octanol–water partition coefficient (Wildman–Crippen LogP) is 2.27. The third kappa shape index (κ3) is 5.37. The maximum Gasteiger partial charge on any atom is 0.219 e. The molecule has 0 spiro atoms. The van der Waals surface area contributed by atoms with Crippen molar-refractivity contribution in [3.63, 3.8) is 0 Å². The second-order valence-electron chi connectivity index (χ2n) is 5.09. The van der Waals surface area contributed by atoms with Gasteiger partial charge in [0.05, 0.1) is 6.10 Å². The molecule has 0 aromatic heterocycles. The molecule has 19 heavy (non-hydrogen) atoms. The van der Waals surface area contributed by atoms with E-state index in [1.54, 1.807) is 18.2 Å². The number of amides is 1. The zero-order chi connectivity index (χ0) is 14.6. The lowest BCUT2D eigenvalue weighted by atomic mass is 9.99. The molecule has 6 heteroatoms. The van der Waals surface area contributed by atoms with Crippen LogP contribution in [0.15, 0.2) is 18.2 Å². The van der Waals surface area contributed by atoms with Crippen molar-refractivity contribution < 1.29 is 9.90 Å². The Morgan fingerprint density at radius 2 is 2.11 bits per heavy atom. The van der Waals surface area contributed by atoms with E-state index in [1.165, 1.54) is 0 Å². The maximum absolute atomic E-state index is 10.9. The van der Waals surface area contributed by atoms with Crippen LogP contribution in [0.5, 0.6) is 0 Å². The molecule has 0 bridgehead atoms. The number of carbonyl (C=O) groups is 1. The van der Waals surface area contributed by atoms with Gasteiger partial charge in [-0.05, 0) is 32.0 Å². The van der Waals surface area contributed by atoms with Crippen molar-refractivity contribution in [3.8, 4) is 0 Å². The van der Waals surface area contributed by atoms with Crippen LogP contribution in [0.1, 0.15) is 31.9 Å². The van der Waals surface area contributed by atoms with Crippen molar-refractivity contribution in [3.05, 3.63) is 33.8 Å². The molecule has 1 atom stereocenters. The molecule has 0 aliphatic heterocycles. The van der Waals surface area contributed by atoms with Crippen LogP contribution in [0.2, 0.25) is 10.0 Å². The minimum Gasteiger partial charge on any atom is -0.387 e. The Hall–Kier alpha value is -0.810. The van der Waals surface area contributed by atoms with Crippen LogP contribution >= 0.6 is 23.2 Å². The van der Waals surface area contributed by atoms with Crippen LogP contribution in [-0.2, 0) is 4.79 Å². The molecule has 1 unspecified atom stereocenters. The molecule has 0 aliphatic rings. The number of carbonyl (C=O) groups excluding carboxylic acids is 1. The van der Waals surface area contributed by atoms with Crippen molar-refractivity contribution >= 4 is 29.1 Å². The highest BCUT2D eigenvalue weighted by molar-refractivity contribution is 6.33. The number of benzene rings is 1. The number of aliphatic hydroxyl groups excluding tert-OH is 1. The second kappa shape index (κ2) is 6.57. The summed E-state index contributed by atoms with van der Waals surface area (Å²) in [6, 6.07) is 4.92. The molecule has 4 nitrogen and oxygen atoms in total. The van der Waals surface area contributed by atoms with E-state index < -0.39 is 17.6 Å². The summed E-state index contributed by atoms with van der Waals surface area (Å²) in [6.07, 6.45) is -0.624. The largest absolute Gasteiger partial charge is 0.387 e. The first-order valence-corrected chi connectivity index (χ1v) is 6.63. The average molecular weight is 305 g/mol. The van der Waals surface area contributed by atoms with E-state index in [-0.39, 0.29) is 13.0 Å². The summed E-state index contributed by atoms with van der Waals surface area (Å²) in [5.41, 5.74) is 5.22. The summed E-state index contributed by atoms with van der Waals surface area (Å²) in [5, 5.41) is 14.1. The lowest BCUT2D eigenvalue weighted by Crippen LogP contribution is -2.44. The summed E-state index contributed by atoms with van der Waals surface area (Å²) >= 11 is 11.9. The topological polar surface area (TPSA) is 75.4 Å². The number of aliphatic hydroxyl groups is 1. The molecule has 0 fully saturated rings. The molecule has 0 saturated carbocycles. The van der Waals surface area contributed by atoms with Gasteiger partial charge in [-0.25, -0.2) is 0 Å². The number of nitrogens with two attached hydrogens (primary N) is 1. The highest BCUT2D eigenvalue weighted by Gasteiger charge is 2.22. The van der Waals surface area contributed by atoms with Crippen molar-refractivity contribution in [2.45, 2.75) is 31.9 Å². The Morgan fingerprint density at radius 1 is 1.47 bits per heavy atom. The van der Waals surface area contributed by atoms with E-state index >= 15 is 0 Å². The fourth-order valence-electron chi connectivity index (χ4n) is 1.75. The van der Waals surface area contributed by atoms with Crippen molar-refractivity contribution in [1.29, 1.82) is 0 Å². The first-order chi connectivity index (χ1) is 8.71. The lowest BCUT2D eigenvalue weighted by molar-refractivity contribution is -0.119. The lowest BCUT2D eigenvalue weighted by Gasteiger charge is -2.26. The molecule has 0 aliphatic carbocycles. The van der Waals surface area contributed by atoms with Crippen LogP contribution in [-0.4, -0.2) is 23.1 Å². The van der Waals surface area contributed by atoms with Crippen LogP contribution < -0.4 is 11.1 Å². The predicted molar refractivity (Wildman–Crippen MR) is 77.3 cm³/mol. The average Bonchev–Trinajstić information content (AvgIpc) is 2.27. The number of halogens is 2. The van der Waals surface area contributed by atoms with Gasteiger partial charge >= 0.3 is 0 Å². The third-order valence-corrected chi connectivity index (χ3v) is 3.29. The highest BCUT2D eigenvalue weighted by Crippen LogP contribution is 2.26. The van der Waals surface area contributed by atoms with Gasteiger partial charge in [-0.3, -0.25) is 4.79 Å². The molecule has 1 aromatic rings. The van der Waals surface area contributed by atoms with Gasteiger partial charge in [-0.1, -0.05) is 23.2 Å². The smallest absolute Gasteiger partial charge is 0.219 e. The van der Waals surface area contributed by atoms with Gasteiger partial charge in [0.25, 0.3) is 0 Å². The highest BCUT2D eigenvalue weighted by atomic mass is 35.5. The molecule has 0 radical (unpaired) electrons. The fraction of sp³-hybridized carbons (Fsp3) is 0.462. The van der Waals surface area contributed by atoms with Crippen LogP contribution in [0.4, 0.5) is 0 Å². The normalized spacial score (nSPS) is 13.3. The first kappa shape index (κ1) is 16.2. The minimum atomic E-state index is -0.807. The van der Waals surface area contributed by atoms with E-state index in [4.69, 9.17) is 28.9 Å². The second-order valence-corrected chi connectivity index (χ2v) is 5.93. The monoisotopic (exact) mass is 304 g/mol. The number of primary amides is 1. The van der Waals surface area contributed by atoms with E-state index in [0.29, 0.717) is 15.6 Å². The minimum absolute atomic E-state index is 0.184. The SMILES string of the molecule is CC(C)(CC(N)=O)NCC(O)c1cc(Cl)ccc1Cl. The summed E-state index contributed by atoms with van der Waals surface area (Å²) in [5.74, 6) is -0.396. The summed E-state index contributed by atoms with van der Waals surface area (Å²) in [6.45, 7) is 3.93. The van der Waals surface area contributed by atoms with Gasteiger partial charge in [0.15, 0.2) is 0 Å². The Morgan fingerprint density at radius 3 is 2.68 bits per heavy atom. The molecule has 106 valence electrons. The summed E-state index contributed by atoms with van der Waals surface area (Å²) < 4.78 is 0. The van der Waals surface area contributed by atoms with Gasteiger partial charge in [0, 0.05) is 34.1 Å². The van der Waals surface area contributed by atoms with Crippen LogP contribution in [0, 0.1) is 0 Å². The molecule has 1 aromatic carbocycles. The van der Waals surface area contributed by atoms with E-state index in [2.05, 4.69) is 5.32 Å². The quantitative estimate of drug-likeness (QED) is 0.754. The molecular formula is C13H18Cl2N2O2. The Bertz CT molecular complexity index is 464. The number of hydrogen-bond acceptors (Lipinski definition) is 3. The van der Waals surface area contributed by atoms with Crippen molar-refractivity contribution in [1.82, 2.24) is 5.32 Å². The van der Waals surface area contributed by atoms with E-state index in [9.17, 15) is 9.90 Å². The molecule has 0 saturated heterocycles. The van der Waals surface area contributed by atoms with Gasteiger partial charge in [0.2, 0.25) is 5.91 Å². The van der Waals surface area contributed by atoms with Crippen LogP contribution in [0.25, 0.3) is 0 Å². The molecule has 1 amide bonds. The maximum atomic E-state index is 10.9. The Kier molecular flexibility index (Phi) is 5.62. The number of nitrogens with one attached hydrogen (secondary N) is 1. The first-order valence-electron chi connectivity index (χ1n) is 5.87. The number of rotatable bonds is 6. The Labute approximate surface area is 122 Å². The number of β-amino-alcohol motifs (C(OH)–C–C–N with tert-alkyl or cyclic N) is 1. The Balaban J connectivity index is 2.67. The van der Waals surface area contributed by atoms with Gasteiger partial charge in [0.1, 0.15) is 0 Å². The van der Waals surface area contributed by atoms with Crippen molar-refractivity contribution in [2.75, 3.05) is 6.54 Å². The zero-order valence-corrected chi connectivity index (χ0v) is 12.4. The zero-order valence-electron chi connectivity index (χ0n) is 10.9. The molecule has 0 heterocycles. The third-order valence-electron chi connectivity index (χ3n) is 2.71.